The number of amides is 1. The van der Waals surface area contributed by atoms with Gasteiger partial charge in [0.2, 0.25) is 0 Å². The Morgan fingerprint density at radius 2 is 1.90 bits per heavy atom. The first-order chi connectivity index (χ1) is 10.0. The average Bonchev–Trinajstić information content (AvgIpc) is 2.45. The smallest absolute Gasteiger partial charge is 0.251 e. The monoisotopic (exact) mass is 291 g/mol. The van der Waals surface area contributed by atoms with Crippen molar-refractivity contribution in [2.75, 3.05) is 12.0 Å². The van der Waals surface area contributed by atoms with E-state index in [1.54, 1.807) is 0 Å². The van der Waals surface area contributed by atoms with E-state index in [4.69, 9.17) is 5.84 Å². The van der Waals surface area contributed by atoms with Crippen LogP contribution in [0.2, 0.25) is 0 Å². The Morgan fingerprint density at radius 3 is 2.52 bits per heavy atom. The largest absolute Gasteiger partial charge is 0.352 e. The van der Waals surface area contributed by atoms with Gasteiger partial charge in [-0.25, -0.2) is 0 Å². The first-order valence-corrected chi connectivity index (χ1v) is 7.90. The van der Waals surface area contributed by atoms with E-state index in [0.717, 1.165) is 30.1 Å². The Kier molecular flexibility index (Phi) is 7.83. The molecule has 1 aromatic rings. The molecule has 0 saturated carbocycles. The lowest BCUT2D eigenvalue weighted by molar-refractivity contribution is 0.0952. The fourth-order valence-electron chi connectivity index (χ4n) is 2.34. The van der Waals surface area contributed by atoms with E-state index in [0.29, 0.717) is 5.56 Å². The lowest BCUT2D eigenvalue weighted by Crippen LogP contribution is -2.25. The molecule has 0 spiro atoms. The van der Waals surface area contributed by atoms with Crippen molar-refractivity contribution >= 4 is 11.6 Å². The molecule has 0 aromatic heterocycles. The highest BCUT2D eigenvalue weighted by Crippen LogP contribution is 2.14. The van der Waals surface area contributed by atoms with Crippen molar-refractivity contribution < 1.29 is 4.79 Å². The van der Waals surface area contributed by atoms with Gasteiger partial charge in [-0.05, 0) is 43.0 Å². The minimum Gasteiger partial charge on any atom is -0.352 e. The fourth-order valence-corrected chi connectivity index (χ4v) is 2.34. The Hall–Kier alpha value is -1.55. The van der Waals surface area contributed by atoms with Crippen LogP contribution < -0.4 is 16.6 Å². The molecule has 4 nitrogen and oxygen atoms in total. The maximum Gasteiger partial charge on any atom is 0.251 e. The zero-order valence-corrected chi connectivity index (χ0v) is 13.5. The zero-order chi connectivity index (χ0) is 15.7. The number of nitrogen functional groups attached to an aromatic ring is 1. The predicted octanol–water partition coefficient (Wildman–Crippen LogP) is 3.62. The Labute approximate surface area is 128 Å². The summed E-state index contributed by atoms with van der Waals surface area (Å²) in [7, 11) is 0. The summed E-state index contributed by atoms with van der Waals surface area (Å²) in [5, 5.41) is 2.99. The van der Waals surface area contributed by atoms with Gasteiger partial charge in [-0.3, -0.25) is 10.6 Å². The number of hydrogen-bond donors (Lipinski definition) is 3. The number of anilines is 1. The van der Waals surface area contributed by atoms with Gasteiger partial charge in [0.25, 0.3) is 5.91 Å². The molecular weight excluding hydrogens is 262 g/mol. The van der Waals surface area contributed by atoms with Crippen LogP contribution in [-0.2, 0) is 0 Å². The van der Waals surface area contributed by atoms with E-state index in [2.05, 4.69) is 24.6 Å². The van der Waals surface area contributed by atoms with Gasteiger partial charge in [0.05, 0.1) is 0 Å². The quantitative estimate of drug-likeness (QED) is 0.370. The number of hydrogen-bond acceptors (Lipinski definition) is 3. The third kappa shape index (κ3) is 6.63. The van der Waals surface area contributed by atoms with Crippen LogP contribution >= 0.6 is 0 Å². The second-order valence-corrected chi connectivity index (χ2v) is 6.03. The number of nitrogens with two attached hydrogens (primary N) is 1. The van der Waals surface area contributed by atoms with Crippen molar-refractivity contribution in [3.05, 3.63) is 29.3 Å². The third-order valence-corrected chi connectivity index (χ3v) is 3.63. The van der Waals surface area contributed by atoms with Crippen LogP contribution in [0, 0.1) is 12.8 Å². The van der Waals surface area contributed by atoms with Gasteiger partial charge in [0, 0.05) is 17.8 Å². The molecule has 4 heteroatoms. The van der Waals surface area contributed by atoms with E-state index < -0.39 is 0 Å². The molecule has 118 valence electrons. The summed E-state index contributed by atoms with van der Waals surface area (Å²) in [6, 6.07) is 5.50. The minimum atomic E-state index is -0.00162. The van der Waals surface area contributed by atoms with Crippen LogP contribution in [0.4, 0.5) is 5.69 Å². The molecule has 0 aliphatic rings. The molecule has 0 heterocycles. The van der Waals surface area contributed by atoms with Crippen molar-refractivity contribution in [1.82, 2.24) is 5.32 Å². The standard InChI is InChI=1S/C17H29N3O/c1-13(2)8-6-4-5-7-11-19-17(21)16-10-9-15(20-18)12-14(16)3/h9-10,12-13,20H,4-8,11,18H2,1-3H3,(H,19,21). The SMILES string of the molecule is Cc1cc(NN)ccc1C(=O)NCCCCCCC(C)C. The van der Waals surface area contributed by atoms with Crippen molar-refractivity contribution in [2.45, 2.75) is 52.9 Å². The van der Waals surface area contributed by atoms with Crippen LogP contribution in [0.1, 0.15) is 61.9 Å². The predicted molar refractivity (Wildman–Crippen MR) is 89.2 cm³/mol. The van der Waals surface area contributed by atoms with Gasteiger partial charge in [0.15, 0.2) is 0 Å². The first-order valence-electron chi connectivity index (χ1n) is 7.90. The van der Waals surface area contributed by atoms with Crippen molar-refractivity contribution in [2.24, 2.45) is 11.8 Å². The molecule has 0 atom stereocenters. The molecule has 1 rings (SSSR count). The zero-order valence-electron chi connectivity index (χ0n) is 13.5. The molecule has 1 amide bonds. The highest BCUT2D eigenvalue weighted by atomic mass is 16.1. The molecular formula is C17H29N3O. The summed E-state index contributed by atoms with van der Waals surface area (Å²) >= 11 is 0. The summed E-state index contributed by atoms with van der Waals surface area (Å²) in [4.78, 5) is 12.1. The minimum absolute atomic E-state index is 0.00162. The number of hydrazine groups is 1. The molecule has 21 heavy (non-hydrogen) atoms. The average molecular weight is 291 g/mol. The Morgan fingerprint density at radius 1 is 1.19 bits per heavy atom. The van der Waals surface area contributed by atoms with Gasteiger partial charge < -0.3 is 10.7 Å². The molecule has 0 aliphatic heterocycles. The number of carbonyl (C=O) groups excluding carboxylic acids is 1. The van der Waals surface area contributed by atoms with Crippen molar-refractivity contribution in [3.8, 4) is 0 Å². The van der Waals surface area contributed by atoms with Gasteiger partial charge in [-0.2, -0.15) is 0 Å². The second-order valence-electron chi connectivity index (χ2n) is 6.03. The number of unbranched alkanes of at least 4 members (excludes halogenated alkanes) is 3. The number of aryl methyl sites for hydroxylation is 1. The van der Waals surface area contributed by atoms with Crippen molar-refractivity contribution in [1.29, 1.82) is 0 Å². The highest BCUT2D eigenvalue weighted by molar-refractivity contribution is 5.96. The topological polar surface area (TPSA) is 67.1 Å². The molecule has 0 saturated heterocycles. The van der Waals surface area contributed by atoms with Gasteiger partial charge in [-0.15, -0.1) is 0 Å². The molecule has 1 aromatic carbocycles. The molecule has 0 aliphatic carbocycles. The highest BCUT2D eigenvalue weighted by Gasteiger charge is 2.08. The van der Waals surface area contributed by atoms with E-state index >= 15 is 0 Å². The summed E-state index contributed by atoms with van der Waals surface area (Å²) < 4.78 is 0. The van der Waals surface area contributed by atoms with Crippen LogP contribution in [-0.4, -0.2) is 12.5 Å². The fraction of sp³-hybridized carbons (Fsp3) is 0.588. The maximum atomic E-state index is 12.1. The lowest BCUT2D eigenvalue weighted by atomic mass is 10.0. The Bertz CT molecular complexity index is 444. The summed E-state index contributed by atoms with van der Waals surface area (Å²) in [5.74, 6) is 6.14. The van der Waals surface area contributed by atoms with Crippen LogP contribution in [0.25, 0.3) is 0 Å². The number of nitrogens with one attached hydrogen (secondary N) is 2. The van der Waals surface area contributed by atoms with Gasteiger partial charge in [-0.1, -0.05) is 39.5 Å². The second kappa shape index (κ2) is 9.40. The molecule has 0 radical (unpaired) electrons. The van der Waals surface area contributed by atoms with Crippen molar-refractivity contribution in [3.63, 3.8) is 0 Å². The van der Waals surface area contributed by atoms with E-state index in [1.165, 1.54) is 25.7 Å². The molecule has 0 fully saturated rings. The van der Waals surface area contributed by atoms with E-state index in [9.17, 15) is 4.79 Å². The molecule has 4 N–H and O–H groups in total. The molecule has 0 bridgehead atoms. The third-order valence-electron chi connectivity index (χ3n) is 3.63. The Balaban J connectivity index is 2.25. The summed E-state index contributed by atoms with van der Waals surface area (Å²) in [6.45, 7) is 7.18. The molecule has 0 unspecified atom stereocenters. The van der Waals surface area contributed by atoms with Gasteiger partial charge >= 0.3 is 0 Å². The lowest BCUT2D eigenvalue weighted by Gasteiger charge is -2.09. The van der Waals surface area contributed by atoms with E-state index in [1.807, 2.05) is 25.1 Å². The van der Waals surface area contributed by atoms with Crippen LogP contribution in [0.15, 0.2) is 18.2 Å². The van der Waals surface area contributed by atoms with Gasteiger partial charge in [0.1, 0.15) is 0 Å². The van der Waals surface area contributed by atoms with Crippen LogP contribution in [0.3, 0.4) is 0 Å². The summed E-state index contributed by atoms with van der Waals surface area (Å²) in [5.41, 5.74) is 5.04. The maximum absolute atomic E-state index is 12.1. The summed E-state index contributed by atoms with van der Waals surface area (Å²) in [6.07, 6.45) is 6.07. The number of rotatable bonds is 9. The number of carbonyl (C=O) groups is 1. The van der Waals surface area contributed by atoms with E-state index in [-0.39, 0.29) is 5.91 Å². The number of benzene rings is 1. The first kappa shape index (κ1) is 17.5. The van der Waals surface area contributed by atoms with Crippen LogP contribution in [0.5, 0.6) is 0 Å². The normalized spacial score (nSPS) is 10.7.